The first-order valence-electron chi connectivity index (χ1n) is 9.78. The molecule has 27 heavy (non-hydrogen) atoms. The molecule has 1 saturated heterocycles. The van der Waals surface area contributed by atoms with Gasteiger partial charge in [-0.15, -0.1) is 0 Å². The van der Waals surface area contributed by atoms with Gasteiger partial charge in [0.15, 0.2) is 0 Å². The van der Waals surface area contributed by atoms with Crippen LogP contribution in [0, 0.1) is 0 Å². The highest BCUT2D eigenvalue weighted by molar-refractivity contribution is 5.98. The van der Waals surface area contributed by atoms with E-state index in [1.54, 1.807) is 7.11 Å². The fraction of sp³-hybridized carbons (Fsp3) is 0.500. The van der Waals surface area contributed by atoms with Gasteiger partial charge in [-0.05, 0) is 61.7 Å². The second-order valence-corrected chi connectivity index (χ2v) is 7.42. The Hall–Kier alpha value is -2.11. The number of amides is 1. The molecule has 1 N–H and O–H groups in total. The Morgan fingerprint density at radius 2 is 1.85 bits per heavy atom. The first-order valence-corrected chi connectivity index (χ1v) is 9.78. The predicted molar refractivity (Wildman–Crippen MR) is 109 cm³/mol. The van der Waals surface area contributed by atoms with Gasteiger partial charge < -0.3 is 19.7 Å². The van der Waals surface area contributed by atoms with Gasteiger partial charge in [-0.2, -0.15) is 0 Å². The monoisotopic (exact) mass is 370 g/mol. The van der Waals surface area contributed by atoms with Crippen molar-refractivity contribution in [3.05, 3.63) is 42.0 Å². The van der Waals surface area contributed by atoms with Gasteiger partial charge in [0.2, 0.25) is 0 Å². The lowest BCUT2D eigenvalue weighted by Gasteiger charge is -2.34. The number of hydrogen-bond acceptors (Lipinski definition) is 4. The Kier molecular flexibility index (Phi) is 6.69. The molecule has 1 amide bonds. The maximum atomic E-state index is 12.2. The third-order valence-electron chi connectivity index (χ3n) is 5.18. The molecule has 2 aromatic rings. The van der Waals surface area contributed by atoms with Crippen molar-refractivity contribution < 1.29 is 14.3 Å². The zero-order valence-corrected chi connectivity index (χ0v) is 16.5. The molecule has 0 aromatic heterocycles. The van der Waals surface area contributed by atoms with Crippen molar-refractivity contribution >= 4 is 16.7 Å². The van der Waals surface area contributed by atoms with Crippen molar-refractivity contribution in [1.82, 2.24) is 10.2 Å². The zero-order valence-electron chi connectivity index (χ0n) is 16.5. The second kappa shape index (κ2) is 9.20. The topological polar surface area (TPSA) is 50.8 Å². The summed E-state index contributed by atoms with van der Waals surface area (Å²) in [6.07, 6.45) is 2.41. The average Bonchev–Trinajstić information content (AvgIpc) is 2.68. The molecule has 0 saturated carbocycles. The molecule has 146 valence electrons. The highest BCUT2D eigenvalue weighted by Crippen LogP contribution is 2.25. The van der Waals surface area contributed by atoms with Crippen LogP contribution < -0.4 is 10.1 Å². The van der Waals surface area contributed by atoms with Crippen molar-refractivity contribution in [2.75, 3.05) is 33.4 Å². The summed E-state index contributed by atoms with van der Waals surface area (Å²) in [7, 11) is 1.62. The van der Waals surface area contributed by atoms with Crippen LogP contribution >= 0.6 is 0 Å². The van der Waals surface area contributed by atoms with Crippen LogP contribution in [0.2, 0.25) is 0 Å². The van der Waals surface area contributed by atoms with E-state index in [0.29, 0.717) is 24.8 Å². The number of nitrogens with zero attached hydrogens (tertiary/aromatic N) is 1. The van der Waals surface area contributed by atoms with Crippen LogP contribution in [0.25, 0.3) is 10.8 Å². The lowest BCUT2D eigenvalue weighted by Crippen LogP contribution is -2.41. The zero-order chi connectivity index (χ0) is 19.2. The fourth-order valence-corrected chi connectivity index (χ4v) is 3.51. The van der Waals surface area contributed by atoms with E-state index in [4.69, 9.17) is 9.47 Å². The first-order chi connectivity index (χ1) is 13.1. The van der Waals surface area contributed by atoms with Crippen molar-refractivity contribution in [3.63, 3.8) is 0 Å². The van der Waals surface area contributed by atoms with Gasteiger partial charge >= 0.3 is 0 Å². The van der Waals surface area contributed by atoms with Crippen LogP contribution in [-0.2, 0) is 4.74 Å². The van der Waals surface area contributed by atoms with Crippen LogP contribution in [0.1, 0.15) is 37.0 Å². The minimum Gasteiger partial charge on any atom is -0.490 e. The minimum absolute atomic E-state index is 0.0776. The van der Waals surface area contributed by atoms with Crippen LogP contribution in [0.3, 0.4) is 0 Å². The largest absolute Gasteiger partial charge is 0.490 e. The van der Waals surface area contributed by atoms with E-state index in [1.807, 2.05) is 30.3 Å². The number of rotatable bonds is 7. The summed E-state index contributed by atoms with van der Waals surface area (Å²) in [6.45, 7) is 7.70. The number of benzene rings is 2. The molecule has 0 spiro atoms. The average molecular weight is 370 g/mol. The SMILES string of the molecule is COCCNC(=O)c1ccc2cc(OC3CCN(C(C)C)CC3)ccc2c1. The summed E-state index contributed by atoms with van der Waals surface area (Å²) in [5.41, 5.74) is 0.660. The third kappa shape index (κ3) is 5.21. The highest BCUT2D eigenvalue weighted by Gasteiger charge is 2.22. The quantitative estimate of drug-likeness (QED) is 0.759. The van der Waals surface area contributed by atoms with Gasteiger partial charge in [-0.1, -0.05) is 12.1 Å². The van der Waals surface area contributed by atoms with Crippen molar-refractivity contribution in [1.29, 1.82) is 0 Å². The van der Waals surface area contributed by atoms with E-state index in [-0.39, 0.29) is 12.0 Å². The minimum atomic E-state index is -0.0776. The number of ether oxygens (including phenoxy) is 2. The van der Waals surface area contributed by atoms with Crippen molar-refractivity contribution in [3.8, 4) is 5.75 Å². The van der Waals surface area contributed by atoms with E-state index in [9.17, 15) is 4.79 Å². The van der Waals surface area contributed by atoms with Gasteiger partial charge in [0.25, 0.3) is 5.91 Å². The highest BCUT2D eigenvalue weighted by atomic mass is 16.5. The van der Waals surface area contributed by atoms with E-state index in [0.717, 1.165) is 42.5 Å². The standard InChI is InChI=1S/C22H30N2O3/c1-16(2)24-11-8-20(9-12-24)27-21-7-6-17-14-19(5-4-18(17)15-21)22(25)23-10-13-26-3/h4-7,14-16,20H,8-13H2,1-3H3,(H,23,25). The van der Waals surface area contributed by atoms with Gasteiger partial charge in [-0.3, -0.25) is 4.79 Å². The third-order valence-corrected chi connectivity index (χ3v) is 5.18. The number of carbonyl (C=O) groups excluding carboxylic acids is 1. The number of methoxy groups -OCH3 is 1. The smallest absolute Gasteiger partial charge is 0.251 e. The molecule has 0 atom stereocenters. The van der Waals surface area contributed by atoms with E-state index in [2.05, 4.69) is 30.1 Å². The summed E-state index contributed by atoms with van der Waals surface area (Å²) in [4.78, 5) is 14.7. The van der Waals surface area contributed by atoms with Crippen LogP contribution in [0.4, 0.5) is 0 Å². The molecule has 1 fully saturated rings. The molecule has 3 rings (SSSR count). The number of nitrogens with one attached hydrogen (secondary N) is 1. The molecular formula is C22H30N2O3. The van der Waals surface area contributed by atoms with E-state index < -0.39 is 0 Å². The Bertz CT molecular complexity index is 767. The summed E-state index contributed by atoms with van der Waals surface area (Å²) in [5, 5.41) is 4.97. The molecular weight excluding hydrogens is 340 g/mol. The number of likely N-dealkylation sites (tertiary alicyclic amines) is 1. The summed E-state index contributed by atoms with van der Waals surface area (Å²) in [5.74, 6) is 0.828. The molecule has 0 radical (unpaired) electrons. The maximum Gasteiger partial charge on any atom is 0.251 e. The normalized spacial score (nSPS) is 16.0. The Labute approximate surface area is 161 Å². The molecule has 0 unspecified atom stereocenters. The molecule has 5 nitrogen and oxygen atoms in total. The molecule has 1 aliphatic rings. The summed E-state index contributed by atoms with van der Waals surface area (Å²) in [6, 6.07) is 12.5. The number of carbonyl (C=O) groups is 1. The van der Waals surface area contributed by atoms with Gasteiger partial charge in [0.1, 0.15) is 11.9 Å². The maximum absolute atomic E-state index is 12.2. The first kappa shape index (κ1) is 19.6. The Balaban J connectivity index is 1.62. The van der Waals surface area contributed by atoms with Gasteiger partial charge in [0.05, 0.1) is 6.61 Å². The number of piperidine rings is 1. The summed E-state index contributed by atoms with van der Waals surface area (Å²) >= 11 is 0. The second-order valence-electron chi connectivity index (χ2n) is 7.42. The molecule has 2 aromatic carbocycles. The van der Waals surface area contributed by atoms with E-state index >= 15 is 0 Å². The summed E-state index contributed by atoms with van der Waals surface area (Å²) < 4.78 is 11.2. The van der Waals surface area contributed by atoms with E-state index in [1.165, 1.54) is 0 Å². The lowest BCUT2D eigenvalue weighted by atomic mass is 10.0. The molecule has 1 aliphatic heterocycles. The number of fused-ring (bicyclic) bond motifs is 1. The van der Waals surface area contributed by atoms with Crippen molar-refractivity contribution in [2.45, 2.75) is 38.8 Å². The Morgan fingerprint density at radius 3 is 2.56 bits per heavy atom. The predicted octanol–water partition coefficient (Wildman–Crippen LogP) is 3.47. The van der Waals surface area contributed by atoms with Gasteiger partial charge in [-0.25, -0.2) is 0 Å². The van der Waals surface area contributed by atoms with Crippen molar-refractivity contribution in [2.24, 2.45) is 0 Å². The Morgan fingerprint density at radius 1 is 1.15 bits per heavy atom. The van der Waals surface area contributed by atoms with Crippen LogP contribution in [0.15, 0.2) is 36.4 Å². The van der Waals surface area contributed by atoms with Gasteiger partial charge in [0, 0.05) is 38.3 Å². The molecule has 0 bridgehead atoms. The fourth-order valence-electron chi connectivity index (χ4n) is 3.51. The molecule has 0 aliphatic carbocycles. The lowest BCUT2D eigenvalue weighted by molar-refractivity contribution is 0.0844. The number of hydrogen-bond donors (Lipinski definition) is 1. The molecule has 1 heterocycles. The van der Waals surface area contributed by atoms with Crippen LogP contribution in [0.5, 0.6) is 5.75 Å². The molecule has 5 heteroatoms. The van der Waals surface area contributed by atoms with Crippen LogP contribution in [-0.4, -0.2) is 56.3 Å².